The monoisotopic (exact) mass is 408 g/mol. The molecule has 0 saturated heterocycles. The molecule has 6 nitrogen and oxygen atoms in total. The van der Waals surface area contributed by atoms with Crippen LogP contribution in [-0.2, 0) is 9.53 Å². The number of ketones is 1. The molecule has 0 aromatic rings. The average Bonchev–Trinajstić information content (AvgIpc) is 3.01. The van der Waals surface area contributed by atoms with Crippen molar-refractivity contribution >= 4 is 23.5 Å². The van der Waals surface area contributed by atoms with E-state index in [2.05, 4.69) is 12.2 Å². The minimum absolute atomic E-state index is 0.0436. The number of rotatable bonds is 4. The lowest BCUT2D eigenvalue weighted by atomic mass is 9.52. The molecule has 0 heterocycles. The molecule has 0 aliphatic heterocycles. The van der Waals surface area contributed by atoms with E-state index in [0.29, 0.717) is 35.9 Å². The zero-order valence-electron chi connectivity index (χ0n) is 16.4. The molecule has 4 rings (SSSR count). The van der Waals surface area contributed by atoms with Gasteiger partial charge in [-0.25, -0.2) is 4.79 Å². The maximum absolute atomic E-state index is 12.4. The summed E-state index contributed by atoms with van der Waals surface area (Å²) in [6.45, 7) is 2.33. The second-order valence-corrected chi connectivity index (χ2v) is 9.57. The van der Waals surface area contributed by atoms with Gasteiger partial charge in [-0.3, -0.25) is 4.79 Å². The fraction of sp³-hybridized carbons (Fsp3) is 0.810. The maximum atomic E-state index is 12.4. The van der Waals surface area contributed by atoms with Gasteiger partial charge in [0.2, 0.25) is 0 Å². The van der Waals surface area contributed by atoms with Crippen LogP contribution in [0.3, 0.4) is 0 Å². The quantitative estimate of drug-likeness (QED) is 0.378. The molecular weight excluding hydrogens is 380 g/mol. The number of carbonyl (C=O) groups excluding carboxylic acids is 2. The molecule has 1 amide bonds. The lowest BCUT2D eigenvalue weighted by Gasteiger charge is -2.53. The van der Waals surface area contributed by atoms with Crippen molar-refractivity contribution in [3.63, 3.8) is 0 Å². The van der Waals surface area contributed by atoms with E-state index in [1.54, 1.807) is 0 Å². The first kappa shape index (κ1) is 19.9. The number of allylic oxidation sites excluding steroid dienone is 1. The van der Waals surface area contributed by atoms with Crippen LogP contribution in [0.15, 0.2) is 16.9 Å². The highest BCUT2D eigenvalue weighted by atomic mass is 35.5. The Hall–Kier alpha value is -1.43. The van der Waals surface area contributed by atoms with Crippen LogP contribution in [0.2, 0.25) is 0 Å². The summed E-state index contributed by atoms with van der Waals surface area (Å²) in [5.74, 6) is 2.85. The van der Waals surface area contributed by atoms with Gasteiger partial charge >= 0.3 is 6.09 Å². The molecule has 0 aromatic carbocycles. The summed E-state index contributed by atoms with van der Waals surface area (Å²) in [4.78, 5) is 35.1. The third-order valence-corrected chi connectivity index (χ3v) is 8.23. The molecule has 7 heteroatoms. The molecule has 0 spiro atoms. The van der Waals surface area contributed by atoms with E-state index in [1.807, 2.05) is 6.08 Å². The average molecular weight is 409 g/mol. The summed E-state index contributed by atoms with van der Waals surface area (Å²) in [6, 6.07) is 0. The minimum atomic E-state index is -0.677. The normalized spacial score (nSPS) is 39.3. The first-order chi connectivity index (χ1) is 13.5. The van der Waals surface area contributed by atoms with E-state index in [4.69, 9.17) is 16.3 Å². The maximum Gasteiger partial charge on any atom is 0.433 e. The lowest BCUT2D eigenvalue weighted by molar-refractivity contribution is -0.116. The van der Waals surface area contributed by atoms with Crippen LogP contribution in [0.25, 0.3) is 0 Å². The SMILES string of the molecule is CC12CCC3C4CCC(=O)C=C4CCC3C1CCC2OC(=O)N(CCCl)N=O. The summed E-state index contributed by atoms with van der Waals surface area (Å²) in [5.41, 5.74) is 1.34. The highest BCUT2D eigenvalue weighted by Gasteiger charge is 2.57. The molecule has 6 unspecified atom stereocenters. The number of ether oxygens (including phenoxy) is 1. The van der Waals surface area contributed by atoms with Crippen molar-refractivity contribution in [1.82, 2.24) is 5.01 Å². The van der Waals surface area contributed by atoms with Crippen LogP contribution >= 0.6 is 11.6 Å². The summed E-state index contributed by atoms with van der Waals surface area (Å²) in [5, 5.41) is 3.54. The predicted molar refractivity (Wildman–Crippen MR) is 106 cm³/mol. The van der Waals surface area contributed by atoms with Gasteiger partial charge in [-0.1, -0.05) is 12.5 Å². The predicted octanol–water partition coefficient (Wildman–Crippen LogP) is 4.86. The van der Waals surface area contributed by atoms with E-state index in [1.165, 1.54) is 5.57 Å². The van der Waals surface area contributed by atoms with Crippen LogP contribution in [0.5, 0.6) is 0 Å². The number of amides is 1. The molecule has 0 aromatic heterocycles. The van der Waals surface area contributed by atoms with Gasteiger partial charge in [0.15, 0.2) is 5.78 Å². The van der Waals surface area contributed by atoms with E-state index in [-0.39, 0.29) is 23.9 Å². The zero-order valence-corrected chi connectivity index (χ0v) is 17.2. The van der Waals surface area contributed by atoms with Gasteiger partial charge in [-0.05, 0) is 74.7 Å². The number of halogens is 1. The lowest BCUT2D eigenvalue weighted by Crippen LogP contribution is -2.49. The molecule has 3 saturated carbocycles. The highest BCUT2D eigenvalue weighted by molar-refractivity contribution is 6.18. The van der Waals surface area contributed by atoms with Crippen LogP contribution in [-0.4, -0.2) is 35.4 Å². The molecule has 28 heavy (non-hydrogen) atoms. The van der Waals surface area contributed by atoms with E-state index in [0.717, 1.165) is 50.0 Å². The van der Waals surface area contributed by atoms with Crippen molar-refractivity contribution in [1.29, 1.82) is 0 Å². The Morgan fingerprint density at radius 3 is 2.82 bits per heavy atom. The Kier molecular flexibility index (Phi) is 5.51. The molecule has 3 fully saturated rings. The molecule has 6 atom stereocenters. The molecule has 0 radical (unpaired) electrons. The summed E-state index contributed by atoms with van der Waals surface area (Å²) < 4.78 is 5.77. The largest absolute Gasteiger partial charge is 0.444 e. The molecule has 0 N–H and O–H groups in total. The van der Waals surface area contributed by atoms with E-state index < -0.39 is 6.09 Å². The summed E-state index contributed by atoms with van der Waals surface area (Å²) >= 11 is 5.64. The van der Waals surface area contributed by atoms with Gasteiger partial charge in [0, 0.05) is 17.7 Å². The number of nitrogens with zero attached hydrogens (tertiary/aromatic N) is 2. The van der Waals surface area contributed by atoms with Gasteiger partial charge in [-0.2, -0.15) is 5.01 Å². The summed E-state index contributed by atoms with van der Waals surface area (Å²) in [7, 11) is 0. The molecular formula is C21H29ClN2O4. The number of carbonyl (C=O) groups is 2. The smallest absolute Gasteiger partial charge is 0.433 e. The van der Waals surface area contributed by atoms with Crippen molar-refractivity contribution in [2.75, 3.05) is 12.4 Å². The second-order valence-electron chi connectivity index (χ2n) is 9.19. The van der Waals surface area contributed by atoms with Crippen LogP contribution in [0.4, 0.5) is 4.79 Å². The van der Waals surface area contributed by atoms with Gasteiger partial charge < -0.3 is 4.74 Å². The number of fused-ring (bicyclic) bond motifs is 5. The fourth-order valence-corrected chi connectivity index (χ4v) is 6.91. The van der Waals surface area contributed by atoms with Crippen LogP contribution in [0, 0.1) is 34.0 Å². The summed E-state index contributed by atoms with van der Waals surface area (Å²) in [6.07, 6.45) is 9.00. The van der Waals surface area contributed by atoms with Crippen molar-refractivity contribution in [3.05, 3.63) is 16.6 Å². The second kappa shape index (κ2) is 7.77. The number of alkyl halides is 1. The van der Waals surface area contributed by atoms with Gasteiger partial charge in [0.05, 0.1) is 11.8 Å². The fourth-order valence-electron chi connectivity index (χ4n) is 6.75. The van der Waals surface area contributed by atoms with Crippen molar-refractivity contribution < 1.29 is 14.3 Å². The van der Waals surface area contributed by atoms with E-state index in [9.17, 15) is 14.5 Å². The zero-order chi connectivity index (χ0) is 19.9. The third kappa shape index (κ3) is 3.27. The van der Waals surface area contributed by atoms with Crippen LogP contribution in [0.1, 0.15) is 58.3 Å². The Morgan fingerprint density at radius 2 is 2.07 bits per heavy atom. The van der Waals surface area contributed by atoms with E-state index >= 15 is 0 Å². The molecule has 4 aliphatic carbocycles. The Labute approximate surface area is 170 Å². The van der Waals surface area contributed by atoms with Gasteiger partial charge in [0.25, 0.3) is 0 Å². The molecule has 0 bridgehead atoms. The highest BCUT2D eigenvalue weighted by Crippen LogP contribution is 2.62. The topological polar surface area (TPSA) is 76.0 Å². The Bertz CT molecular complexity index is 696. The standard InChI is InChI=1S/C21H29ClN2O4/c1-21-9-8-16-15-5-3-14(25)12-13(15)2-4-17(16)18(21)6-7-19(21)28-20(26)24(23-27)11-10-22/h12,15-19H,2-11H2,1H3. The molecule has 4 aliphatic rings. The number of hydrogen-bond donors (Lipinski definition) is 0. The molecule has 154 valence electrons. The number of nitroso groups, excluding NO2 is 1. The van der Waals surface area contributed by atoms with Crippen LogP contribution < -0.4 is 0 Å². The number of hydrogen-bond acceptors (Lipinski definition) is 5. The minimum Gasteiger partial charge on any atom is -0.444 e. The van der Waals surface area contributed by atoms with Crippen molar-refractivity contribution in [2.24, 2.45) is 34.4 Å². The van der Waals surface area contributed by atoms with Crippen molar-refractivity contribution in [3.8, 4) is 0 Å². The third-order valence-electron chi connectivity index (χ3n) is 8.06. The first-order valence-electron chi connectivity index (χ1n) is 10.6. The first-order valence-corrected chi connectivity index (χ1v) is 11.1. The van der Waals surface area contributed by atoms with Crippen molar-refractivity contribution in [2.45, 2.75) is 64.4 Å². The van der Waals surface area contributed by atoms with Gasteiger partial charge in [0.1, 0.15) is 6.10 Å². The Morgan fingerprint density at radius 1 is 1.25 bits per heavy atom. The van der Waals surface area contributed by atoms with Gasteiger partial charge in [-0.15, -0.1) is 16.5 Å². The Balaban J connectivity index is 1.48.